The van der Waals surface area contributed by atoms with Crippen molar-refractivity contribution in [3.05, 3.63) is 77.1 Å². The standard InChI is InChI=1S/C27H27F3N4O4/c1-16(2)24(25(37)27(28,29)30)32-23(36)15-33-21(18-7-5-4-6-8-18)13-14-22(26(33)38)34(17(3)35)20-11-9-19(31)10-12-20/h4-14,16,24H,15,31H2,1-3H3,(H,32,36). The highest BCUT2D eigenvalue weighted by Gasteiger charge is 2.45. The topological polar surface area (TPSA) is 114 Å². The second-order valence-electron chi connectivity index (χ2n) is 8.96. The van der Waals surface area contributed by atoms with Crippen LogP contribution < -0.4 is 21.5 Å². The third-order valence-corrected chi connectivity index (χ3v) is 5.78. The Balaban J connectivity index is 2.10. The zero-order valence-electron chi connectivity index (χ0n) is 21.0. The van der Waals surface area contributed by atoms with Gasteiger partial charge in [-0.05, 0) is 47.9 Å². The van der Waals surface area contributed by atoms with Gasteiger partial charge in [-0.1, -0.05) is 44.2 Å². The Morgan fingerprint density at radius 3 is 2.11 bits per heavy atom. The first-order chi connectivity index (χ1) is 17.8. The van der Waals surface area contributed by atoms with E-state index < -0.39 is 47.8 Å². The molecule has 0 aliphatic heterocycles. The van der Waals surface area contributed by atoms with Crippen LogP contribution in [-0.2, 0) is 20.9 Å². The van der Waals surface area contributed by atoms with E-state index in [4.69, 9.17) is 5.73 Å². The minimum atomic E-state index is -5.14. The number of hydrogen-bond acceptors (Lipinski definition) is 5. The summed E-state index contributed by atoms with van der Waals surface area (Å²) in [6.45, 7) is 3.30. The Hall–Kier alpha value is -4.41. The van der Waals surface area contributed by atoms with Crippen molar-refractivity contribution < 1.29 is 27.6 Å². The summed E-state index contributed by atoms with van der Waals surface area (Å²) in [6.07, 6.45) is -5.14. The van der Waals surface area contributed by atoms with E-state index in [2.05, 4.69) is 5.32 Å². The van der Waals surface area contributed by atoms with Gasteiger partial charge in [-0.25, -0.2) is 0 Å². The van der Waals surface area contributed by atoms with Crippen molar-refractivity contribution in [1.29, 1.82) is 0 Å². The highest BCUT2D eigenvalue weighted by Crippen LogP contribution is 2.27. The second-order valence-corrected chi connectivity index (χ2v) is 8.96. The van der Waals surface area contributed by atoms with Gasteiger partial charge in [-0.2, -0.15) is 13.2 Å². The zero-order valence-corrected chi connectivity index (χ0v) is 21.0. The maximum atomic E-state index is 13.7. The van der Waals surface area contributed by atoms with Crippen LogP contribution in [0.15, 0.2) is 71.5 Å². The van der Waals surface area contributed by atoms with Gasteiger partial charge in [0.2, 0.25) is 11.8 Å². The third-order valence-electron chi connectivity index (χ3n) is 5.78. The number of benzene rings is 2. The molecule has 0 saturated carbocycles. The number of ketones is 1. The minimum Gasteiger partial charge on any atom is -0.399 e. The molecule has 8 nitrogen and oxygen atoms in total. The number of aromatic nitrogens is 1. The van der Waals surface area contributed by atoms with Gasteiger partial charge < -0.3 is 11.1 Å². The molecule has 2 amide bonds. The van der Waals surface area contributed by atoms with Crippen molar-refractivity contribution in [3.8, 4) is 11.3 Å². The van der Waals surface area contributed by atoms with Crippen LogP contribution in [0.2, 0.25) is 0 Å². The molecule has 1 heterocycles. The van der Waals surface area contributed by atoms with Crippen LogP contribution in [0.5, 0.6) is 0 Å². The van der Waals surface area contributed by atoms with E-state index in [0.717, 1.165) is 9.47 Å². The van der Waals surface area contributed by atoms with Gasteiger partial charge >= 0.3 is 6.18 Å². The number of Topliss-reactive ketones (excluding diaryl/α,β-unsaturated/α-hetero) is 1. The van der Waals surface area contributed by atoms with E-state index in [0.29, 0.717) is 22.6 Å². The summed E-state index contributed by atoms with van der Waals surface area (Å²) in [6, 6.07) is 15.9. The molecule has 1 unspecified atom stereocenters. The van der Waals surface area contributed by atoms with Crippen LogP contribution in [0.4, 0.5) is 30.2 Å². The monoisotopic (exact) mass is 528 g/mol. The SMILES string of the molecule is CC(=O)N(c1ccc(N)cc1)c1ccc(-c2ccccc2)n(CC(=O)NC(C(=O)C(F)(F)F)C(C)C)c1=O. The first kappa shape index (κ1) is 28.2. The molecule has 1 atom stereocenters. The van der Waals surface area contributed by atoms with Crippen LogP contribution in [0.1, 0.15) is 20.8 Å². The summed E-state index contributed by atoms with van der Waals surface area (Å²) >= 11 is 0. The van der Waals surface area contributed by atoms with E-state index in [1.54, 1.807) is 54.6 Å². The highest BCUT2D eigenvalue weighted by atomic mass is 19.4. The quantitative estimate of drug-likeness (QED) is 0.428. The number of nitrogen functional groups attached to an aromatic ring is 1. The lowest BCUT2D eigenvalue weighted by atomic mass is 9.99. The van der Waals surface area contributed by atoms with E-state index in [1.807, 2.05) is 0 Å². The molecule has 0 fully saturated rings. The van der Waals surface area contributed by atoms with E-state index in [1.165, 1.54) is 32.9 Å². The molecule has 0 radical (unpaired) electrons. The molecule has 3 aromatic rings. The number of carbonyl (C=O) groups excluding carboxylic acids is 3. The van der Waals surface area contributed by atoms with E-state index in [-0.39, 0.29) is 5.69 Å². The number of nitrogens with zero attached hydrogens (tertiary/aromatic N) is 2. The molecule has 200 valence electrons. The lowest BCUT2D eigenvalue weighted by Crippen LogP contribution is -2.51. The summed E-state index contributed by atoms with van der Waals surface area (Å²) in [5, 5.41) is 2.12. The summed E-state index contributed by atoms with van der Waals surface area (Å²) in [5.41, 5.74) is 6.55. The van der Waals surface area contributed by atoms with Crippen molar-refractivity contribution in [3.63, 3.8) is 0 Å². The molecule has 1 aromatic heterocycles. The average molecular weight is 529 g/mol. The van der Waals surface area contributed by atoms with Gasteiger partial charge in [0.25, 0.3) is 11.3 Å². The third kappa shape index (κ3) is 6.28. The Kier molecular flexibility index (Phi) is 8.39. The van der Waals surface area contributed by atoms with Crippen LogP contribution >= 0.6 is 0 Å². The number of hydrogen-bond donors (Lipinski definition) is 2. The fraction of sp³-hybridized carbons (Fsp3) is 0.259. The van der Waals surface area contributed by atoms with Gasteiger partial charge in [-0.15, -0.1) is 0 Å². The number of amides is 2. The second kappa shape index (κ2) is 11.3. The Labute approximate surface area is 216 Å². The maximum absolute atomic E-state index is 13.7. The van der Waals surface area contributed by atoms with Crippen molar-refractivity contribution in [2.75, 3.05) is 10.6 Å². The molecule has 3 rings (SSSR count). The molecular weight excluding hydrogens is 501 g/mol. The molecule has 3 N–H and O–H groups in total. The van der Waals surface area contributed by atoms with Crippen LogP contribution in [0, 0.1) is 5.92 Å². The number of pyridine rings is 1. The van der Waals surface area contributed by atoms with Crippen LogP contribution in [0.25, 0.3) is 11.3 Å². The van der Waals surface area contributed by atoms with Gasteiger partial charge in [0.1, 0.15) is 12.2 Å². The number of nitrogens with one attached hydrogen (secondary N) is 1. The molecule has 0 saturated heterocycles. The molecule has 0 aliphatic rings. The number of rotatable bonds is 8. The molecule has 38 heavy (non-hydrogen) atoms. The number of anilines is 3. The molecule has 11 heteroatoms. The first-order valence-electron chi connectivity index (χ1n) is 11.7. The molecular formula is C27H27F3N4O4. The number of halogens is 3. The average Bonchev–Trinajstić information content (AvgIpc) is 2.85. The van der Waals surface area contributed by atoms with E-state index >= 15 is 0 Å². The predicted octanol–water partition coefficient (Wildman–Crippen LogP) is 4.05. The lowest BCUT2D eigenvalue weighted by Gasteiger charge is -2.24. The largest absolute Gasteiger partial charge is 0.452 e. The molecule has 0 aliphatic carbocycles. The maximum Gasteiger partial charge on any atom is 0.452 e. The zero-order chi connectivity index (χ0) is 28.2. The highest BCUT2D eigenvalue weighted by molar-refractivity contribution is 5.99. The first-order valence-corrected chi connectivity index (χ1v) is 11.7. The lowest BCUT2D eigenvalue weighted by molar-refractivity contribution is -0.174. The van der Waals surface area contributed by atoms with Crippen LogP contribution in [-0.4, -0.2) is 34.4 Å². The predicted molar refractivity (Wildman–Crippen MR) is 138 cm³/mol. The Bertz CT molecular complexity index is 1380. The Morgan fingerprint density at radius 1 is 0.974 bits per heavy atom. The van der Waals surface area contributed by atoms with E-state index in [9.17, 15) is 32.3 Å². The number of carbonyl (C=O) groups is 3. The molecule has 0 bridgehead atoms. The number of alkyl halides is 3. The van der Waals surface area contributed by atoms with Crippen molar-refractivity contribution in [2.24, 2.45) is 5.92 Å². The van der Waals surface area contributed by atoms with Gasteiger partial charge in [0, 0.05) is 18.3 Å². The van der Waals surface area contributed by atoms with Crippen molar-refractivity contribution in [1.82, 2.24) is 9.88 Å². The normalized spacial score (nSPS) is 12.2. The fourth-order valence-corrected chi connectivity index (χ4v) is 3.94. The fourth-order valence-electron chi connectivity index (χ4n) is 3.94. The van der Waals surface area contributed by atoms with Gasteiger partial charge in [0.15, 0.2) is 0 Å². The summed E-state index contributed by atoms with van der Waals surface area (Å²) < 4.78 is 40.3. The molecule has 0 spiro atoms. The Morgan fingerprint density at radius 2 is 1.58 bits per heavy atom. The number of nitrogens with two attached hydrogens (primary N) is 1. The molecule has 2 aromatic carbocycles. The van der Waals surface area contributed by atoms with Crippen molar-refractivity contribution >= 4 is 34.7 Å². The van der Waals surface area contributed by atoms with Crippen LogP contribution in [0.3, 0.4) is 0 Å². The minimum absolute atomic E-state index is 0.0819. The summed E-state index contributed by atoms with van der Waals surface area (Å²) in [4.78, 5) is 52.3. The summed E-state index contributed by atoms with van der Waals surface area (Å²) in [5.74, 6) is -4.41. The van der Waals surface area contributed by atoms with Gasteiger partial charge in [-0.3, -0.25) is 28.6 Å². The van der Waals surface area contributed by atoms with Gasteiger partial charge in [0.05, 0.1) is 11.7 Å². The smallest absolute Gasteiger partial charge is 0.399 e. The summed E-state index contributed by atoms with van der Waals surface area (Å²) in [7, 11) is 0. The van der Waals surface area contributed by atoms with Crippen molar-refractivity contribution in [2.45, 2.75) is 39.5 Å².